The van der Waals surface area contributed by atoms with Crippen LogP contribution < -0.4 is 5.73 Å². The molecule has 4 nitrogen and oxygen atoms in total. The van der Waals surface area contributed by atoms with Gasteiger partial charge < -0.3 is 10.6 Å². The molecule has 0 heterocycles. The van der Waals surface area contributed by atoms with Crippen molar-refractivity contribution in [3.63, 3.8) is 0 Å². The minimum Gasteiger partial charge on any atom is -0.336 e. The molecule has 0 unspecified atom stereocenters. The zero-order valence-corrected chi connectivity index (χ0v) is 16.5. The third-order valence-electron chi connectivity index (χ3n) is 4.93. The van der Waals surface area contributed by atoms with Gasteiger partial charge in [-0.15, -0.1) is 12.4 Å². The highest BCUT2D eigenvalue weighted by Crippen LogP contribution is 2.25. The standard InChI is InChI=1S/C20H33N3O.ClH/c1-17(2)23(19-10-6-7-11-19)20(24)16-22(15-13-21)14-12-18-8-4-3-5-9-18;/h3-5,8-9,17,19H,6-7,10-16,21H2,1-2H3;1H. The monoisotopic (exact) mass is 367 g/mol. The van der Waals surface area contributed by atoms with E-state index in [2.05, 4.69) is 47.9 Å². The molecule has 0 radical (unpaired) electrons. The van der Waals surface area contributed by atoms with Crippen LogP contribution in [-0.2, 0) is 11.2 Å². The summed E-state index contributed by atoms with van der Waals surface area (Å²) in [5.41, 5.74) is 7.07. The van der Waals surface area contributed by atoms with Gasteiger partial charge in [0, 0.05) is 31.7 Å². The van der Waals surface area contributed by atoms with Gasteiger partial charge in [0.25, 0.3) is 0 Å². The Labute approximate surface area is 159 Å². The Kier molecular flexibility index (Phi) is 10.1. The van der Waals surface area contributed by atoms with E-state index in [1.165, 1.54) is 18.4 Å². The van der Waals surface area contributed by atoms with Crippen molar-refractivity contribution in [3.05, 3.63) is 35.9 Å². The van der Waals surface area contributed by atoms with Gasteiger partial charge in [0.15, 0.2) is 0 Å². The van der Waals surface area contributed by atoms with Crippen molar-refractivity contribution in [1.29, 1.82) is 0 Å². The first-order valence-electron chi connectivity index (χ1n) is 9.39. The van der Waals surface area contributed by atoms with E-state index in [0.29, 0.717) is 19.1 Å². The average Bonchev–Trinajstić information content (AvgIpc) is 3.07. The third kappa shape index (κ3) is 6.96. The number of hydrogen-bond donors (Lipinski definition) is 1. The summed E-state index contributed by atoms with van der Waals surface area (Å²) in [6.07, 6.45) is 5.78. The second kappa shape index (κ2) is 11.5. The minimum atomic E-state index is 0. The highest BCUT2D eigenvalue weighted by atomic mass is 35.5. The van der Waals surface area contributed by atoms with E-state index in [1.807, 2.05) is 6.07 Å². The molecule has 1 aliphatic rings. The maximum Gasteiger partial charge on any atom is 0.237 e. The van der Waals surface area contributed by atoms with Gasteiger partial charge in [-0.3, -0.25) is 9.69 Å². The molecule has 1 aromatic carbocycles. The van der Waals surface area contributed by atoms with Gasteiger partial charge in [-0.05, 0) is 38.7 Å². The maximum absolute atomic E-state index is 12.9. The number of nitrogens with zero attached hydrogens (tertiary/aromatic N) is 2. The fourth-order valence-electron chi connectivity index (χ4n) is 3.75. The van der Waals surface area contributed by atoms with Crippen molar-refractivity contribution in [3.8, 4) is 0 Å². The van der Waals surface area contributed by atoms with Gasteiger partial charge in [0.1, 0.15) is 0 Å². The predicted molar refractivity (Wildman–Crippen MR) is 107 cm³/mol. The molecule has 1 saturated carbocycles. The van der Waals surface area contributed by atoms with Gasteiger partial charge >= 0.3 is 0 Å². The highest BCUT2D eigenvalue weighted by Gasteiger charge is 2.29. The van der Waals surface area contributed by atoms with Crippen LogP contribution >= 0.6 is 12.4 Å². The second-order valence-electron chi connectivity index (χ2n) is 7.13. The first-order valence-corrected chi connectivity index (χ1v) is 9.39. The molecule has 142 valence electrons. The van der Waals surface area contributed by atoms with Crippen molar-refractivity contribution in [1.82, 2.24) is 9.80 Å². The topological polar surface area (TPSA) is 49.6 Å². The number of halogens is 1. The molecule has 0 bridgehead atoms. The van der Waals surface area contributed by atoms with Crippen molar-refractivity contribution in [2.45, 2.75) is 58.0 Å². The van der Waals surface area contributed by atoms with Gasteiger partial charge in [-0.2, -0.15) is 0 Å². The van der Waals surface area contributed by atoms with Crippen LogP contribution in [0.15, 0.2) is 30.3 Å². The minimum absolute atomic E-state index is 0. The van der Waals surface area contributed by atoms with Crippen LogP contribution in [-0.4, -0.2) is 54.0 Å². The van der Waals surface area contributed by atoms with Gasteiger partial charge in [0.2, 0.25) is 5.91 Å². The summed E-state index contributed by atoms with van der Waals surface area (Å²) in [6.45, 7) is 6.99. The summed E-state index contributed by atoms with van der Waals surface area (Å²) in [7, 11) is 0. The average molecular weight is 368 g/mol. The van der Waals surface area contributed by atoms with Crippen LogP contribution in [0.25, 0.3) is 0 Å². The summed E-state index contributed by atoms with van der Waals surface area (Å²) in [6, 6.07) is 11.2. The summed E-state index contributed by atoms with van der Waals surface area (Å²) in [5.74, 6) is 0.262. The Morgan fingerprint density at radius 2 is 1.80 bits per heavy atom. The molecule has 0 atom stereocenters. The largest absolute Gasteiger partial charge is 0.336 e. The number of amides is 1. The molecule has 5 heteroatoms. The Morgan fingerprint density at radius 3 is 2.36 bits per heavy atom. The molecule has 1 fully saturated rings. The molecule has 1 amide bonds. The van der Waals surface area contributed by atoms with Crippen molar-refractivity contribution < 1.29 is 4.79 Å². The molecule has 0 spiro atoms. The van der Waals surface area contributed by atoms with E-state index in [1.54, 1.807) is 0 Å². The Bertz CT molecular complexity index is 489. The second-order valence-corrected chi connectivity index (χ2v) is 7.13. The fraction of sp³-hybridized carbons (Fsp3) is 0.650. The smallest absolute Gasteiger partial charge is 0.237 e. The Hall–Kier alpha value is -1.10. The van der Waals surface area contributed by atoms with Crippen LogP contribution in [0.4, 0.5) is 0 Å². The summed E-state index contributed by atoms with van der Waals surface area (Å²) in [5, 5.41) is 0. The first kappa shape index (κ1) is 21.9. The van der Waals surface area contributed by atoms with E-state index >= 15 is 0 Å². The molecule has 0 aromatic heterocycles. The van der Waals surface area contributed by atoms with Crippen molar-refractivity contribution in [2.75, 3.05) is 26.2 Å². The molecule has 2 N–H and O–H groups in total. The van der Waals surface area contributed by atoms with E-state index in [0.717, 1.165) is 32.4 Å². The van der Waals surface area contributed by atoms with Crippen molar-refractivity contribution >= 4 is 18.3 Å². The fourth-order valence-corrected chi connectivity index (χ4v) is 3.75. The summed E-state index contributed by atoms with van der Waals surface area (Å²) < 4.78 is 0. The Balaban J connectivity index is 0.00000312. The van der Waals surface area contributed by atoms with Crippen LogP contribution in [0, 0.1) is 0 Å². The summed E-state index contributed by atoms with van der Waals surface area (Å²) in [4.78, 5) is 17.2. The molecular weight excluding hydrogens is 334 g/mol. The predicted octanol–water partition coefficient (Wildman–Crippen LogP) is 3.09. The molecule has 1 aliphatic carbocycles. The number of carbonyl (C=O) groups is 1. The van der Waals surface area contributed by atoms with Crippen LogP contribution in [0.5, 0.6) is 0 Å². The molecule has 2 rings (SSSR count). The lowest BCUT2D eigenvalue weighted by molar-refractivity contribution is -0.136. The maximum atomic E-state index is 12.9. The van der Waals surface area contributed by atoms with E-state index in [4.69, 9.17) is 5.73 Å². The number of carbonyl (C=O) groups excluding carboxylic acids is 1. The molecule has 0 aliphatic heterocycles. The van der Waals surface area contributed by atoms with Crippen LogP contribution in [0.3, 0.4) is 0 Å². The molecule has 25 heavy (non-hydrogen) atoms. The van der Waals surface area contributed by atoms with Crippen LogP contribution in [0.1, 0.15) is 45.1 Å². The zero-order valence-electron chi connectivity index (χ0n) is 15.7. The van der Waals surface area contributed by atoms with Crippen LogP contribution in [0.2, 0.25) is 0 Å². The lowest BCUT2D eigenvalue weighted by atomic mass is 10.1. The van der Waals surface area contributed by atoms with E-state index < -0.39 is 0 Å². The zero-order chi connectivity index (χ0) is 17.4. The summed E-state index contributed by atoms with van der Waals surface area (Å²) >= 11 is 0. The SMILES string of the molecule is CC(C)N(C(=O)CN(CCN)CCc1ccccc1)C1CCCC1.Cl. The van der Waals surface area contributed by atoms with Gasteiger partial charge in [-0.1, -0.05) is 43.2 Å². The van der Waals surface area contributed by atoms with E-state index in [-0.39, 0.29) is 24.4 Å². The molecule has 0 saturated heterocycles. The third-order valence-corrected chi connectivity index (χ3v) is 4.93. The number of rotatable bonds is 9. The van der Waals surface area contributed by atoms with Gasteiger partial charge in [0.05, 0.1) is 6.54 Å². The molecular formula is C20H34ClN3O. The molecule has 1 aromatic rings. The number of benzene rings is 1. The number of nitrogens with two attached hydrogens (primary N) is 1. The normalized spacial score (nSPS) is 14.8. The lowest BCUT2D eigenvalue weighted by Crippen LogP contribution is -2.49. The lowest BCUT2D eigenvalue weighted by Gasteiger charge is -2.35. The van der Waals surface area contributed by atoms with Crippen molar-refractivity contribution in [2.24, 2.45) is 5.73 Å². The number of hydrogen-bond acceptors (Lipinski definition) is 3. The van der Waals surface area contributed by atoms with Gasteiger partial charge in [-0.25, -0.2) is 0 Å². The Morgan fingerprint density at radius 1 is 1.16 bits per heavy atom. The van der Waals surface area contributed by atoms with E-state index in [9.17, 15) is 4.79 Å². The quantitative estimate of drug-likeness (QED) is 0.729. The first-order chi connectivity index (χ1) is 11.6. The highest BCUT2D eigenvalue weighted by molar-refractivity contribution is 5.85.